The van der Waals surface area contributed by atoms with E-state index in [0.717, 1.165) is 36.5 Å². The number of hydrogen-bond donors (Lipinski definition) is 2. The zero-order valence-electron chi connectivity index (χ0n) is 14.9. The summed E-state index contributed by atoms with van der Waals surface area (Å²) in [7, 11) is 0. The monoisotopic (exact) mass is 346 g/mol. The molecule has 2 N–H and O–H groups in total. The van der Waals surface area contributed by atoms with E-state index in [1.165, 1.54) is 12.8 Å². The van der Waals surface area contributed by atoms with Gasteiger partial charge in [0.1, 0.15) is 31.4 Å². The number of anilines is 1. The third kappa shape index (κ3) is 3.85. The van der Waals surface area contributed by atoms with Crippen LogP contribution >= 0.6 is 0 Å². The summed E-state index contributed by atoms with van der Waals surface area (Å²) in [6, 6.07) is 2.56. The molecule has 2 aromatic rings. The van der Waals surface area contributed by atoms with E-state index in [2.05, 4.69) is 50.2 Å². The van der Waals surface area contributed by atoms with Crippen LogP contribution < -0.4 is 10.3 Å². The van der Waals surface area contributed by atoms with Crippen LogP contribution in [0.15, 0.2) is 18.6 Å². The summed E-state index contributed by atoms with van der Waals surface area (Å²) in [5.74, 6) is 1.07. The van der Waals surface area contributed by atoms with Crippen LogP contribution in [0.1, 0.15) is 26.7 Å². The molecule has 1 spiro atoms. The van der Waals surface area contributed by atoms with E-state index in [1.54, 1.807) is 6.33 Å². The normalized spacial score (nSPS) is 18.4. The maximum atomic E-state index is 8.00. The summed E-state index contributed by atoms with van der Waals surface area (Å²) in [6.07, 6.45) is 6.13. The van der Waals surface area contributed by atoms with Gasteiger partial charge in [0.05, 0.1) is 10.9 Å². The lowest BCUT2D eigenvalue weighted by Gasteiger charge is -2.43. The van der Waals surface area contributed by atoms with E-state index in [0.29, 0.717) is 11.6 Å². The molecule has 0 unspecified atom stereocenters. The van der Waals surface area contributed by atoms with Crippen molar-refractivity contribution in [1.82, 2.24) is 25.4 Å². The van der Waals surface area contributed by atoms with Gasteiger partial charge in [-0.3, -0.25) is 5.43 Å². The minimum Gasteiger partial charge on any atom is -0.353 e. The second-order valence-corrected chi connectivity index (χ2v) is 6.52. The van der Waals surface area contributed by atoms with Crippen molar-refractivity contribution in [2.75, 3.05) is 24.5 Å². The van der Waals surface area contributed by atoms with E-state index in [1.807, 2.05) is 19.8 Å². The van der Waals surface area contributed by atoms with Crippen molar-refractivity contribution in [1.29, 1.82) is 0 Å². The highest BCUT2D eigenvalue weighted by Gasteiger charge is 2.52. The molecule has 1 saturated heterocycles. The molecule has 8 nitrogen and oxygen atoms in total. The summed E-state index contributed by atoms with van der Waals surface area (Å²) < 4.78 is 0. The minimum absolute atomic E-state index is 0.302. The SMILES string of the molecule is C=O.C=O.CC(C)NN1CCN(c2ncnc3[nH]ccc23)CC12CC2. The molecule has 1 aliphatic heterocycles. The molecule has 1 aliphatic carbocycles. The Bertz CT molecular complexity index is 683. The van der Waals surface area contributed by atoms with E-state index >= 15 is 0 Å². The first-order valence-electron chi connectivity index (χ1n) is 8.33. The van der Waals surface area contributed by atoms with E-state index in [-0.39, 0.29) is 0 Å². The van der Waals surface area contributed by atoms with Crippen molar-refractivity contribution in [3.63, 3.8) is 0 Å². The predicted molar refractivity (Wildman–Crippen MR) is 97.3 cm³/mol. The Balaban J connectivity index is 0.000000528. The summed E-state index contributed by atoms with van der Waals surface area (Å²) in [5.41, 5.74) is 4.83. The number of fused-ring (bicyclic) bond motifs is 1. The molecule has 1 saturated carbocycles. The molecule has 0 atom stereocenters. The smallest absolute Gasteiger partial charge is 0.142 e. The third-order valence-corrected chi connectivity index (χ3v) is 4.52. The summed E-state index contributed by atoms with van der Waals surface area (Å²) in [6.45, 7) is 11.5. The molecule has 2 fully saturated rings. The molecular formula is C17H26N6O2. The number of aromatic nitrogens is 3. The number of hydrogen-bond acceptors (Lipinski definition) is 7. The molecule has 3 heterocycles. The Morgan fingerprint density at radius 2 is 1.92 bits per heavy atom. The topological polar surface area (TPSA) is 94.2 Å². The number of rotatable bonds is 3. The first-order chi connectivity index (χ1) is 12.2. The van der Waals surface area contributed by atoms with Crippen molar-refractivity contribution in [3.8, 4) is 0 Å². The number of piperazine rings is 1. The minimum atomic E-state index is 0.302. The largest absolute Gasteiger partial charge is 0.353 e. The van der Waals surface area contributed by atoms with Crippen LogP contribution in [0.5, 0.6) is 0 Å². The van der Waals surface area contributed by atoms with Crippen LogP contribution in [0, 0.1) is 0 Å². The van der Waals surface area contributed by atoms with Gasteiger partial charge in [0, 0.05) is 31.9 Å². The Morgan fingerprint density at radius 1 is 1.20 bits per heavy atom. The Hall–Kier alpha value is -2.32. The van der Waals surface area contributed by atoms with Gasteiger partial charge in [0.15, 0.2) is 0 Å². The average Bonchev–Trinajstić information content (AvgIpc) is 3.23. The number of H-pyrrole nitrogens is 1. The van der Waals surface area contributed by atoms with Crippen LogP contribution in [0.2, 0.25) is 0 Å². The molecule has 2 aliphatic rings. The number of hydrazine groups is 1. The first-order valence-corrected chi connectivity index (χ1v) is 8.33. The fraction of sp³-hybridized carbons (Fsp3) is 0.529. The summed E-state index contributed by atoms with van der Waals surface area (Å²) >= 11 is 0. The van der Waals surface area contributed by atoms with Gasteiger partial charge in [0.2, 0.25) is 0 Å². The first kappa shape index (κ1) is 19.0. The lowest BCUT2D eigenvalue weighted by atomic mass is 10.1. The van der Waals surface area contributed by atoms with Crippen LogP contribution in [0.25, 0.3) is 11.0 Å². The van der Waals surface area contributed by atoms with Crippen molar-refractivity contribution in [2.45, 2.75) is 38.3 Å². The Labute approximate surface area is 147 Å². The van der Waals surface area contributed by atoms with Crippen LogP contribution in [0.4, 0.5) is 5.82 Å². The van der Waals surface area contributed by atoms with Crippen LogP contribution in [-0.2, 0) is 9.59 Å². The highest BCUT2D eigenvalue weighted by Crippen LogP contribution is 2.44. The van der Waals surface area contributed by atoms with Crippen molar-refractivity contribution >= 4 is 30.4 Å². The molecule has 25 heavy (non-hydrogen) atoms. The summed E-state index contributed by atoms with van der Waals surface area (Å²) in [5, 5.41) is 3.59. The second kappa shape index (κ2) is 8.17. The number of aromatic amines is 1. The van der Waals surface area contributed by atoms with Crippen molar-refractivity contribution in [2.24, 2.45) is 0 Å². The molecule has 0 radical (unpaired) electrons. The van der Waals surface area contributed by atoms with Crippen molar-refractivity contribution < 1.29 is 9.59 Å². The van der Waals surface area contributed by atoms with Gasteiger partial charge in [-0.25, -0.2) is 15.0 Å². The van der Waals surface area contributed by atoms with Gasteiger partial charge in [0.25, 0.3) is 0 Å². The highest BCUT2D eigenvalue weighted by atomic mass is 16.1. The number of nitrogens with zero attached hydrogens (tertiary/aromatic N) is 4. The zero-order valence-corrected chi connectivity index (χ0v) is 14.9. The van der Waals surface area contributed by atoms with Gasteiger partial charge in [-0.15, -0.1) is 0 Å². The molecule has 2 aromatic heterocycles. The number of carbonyl (C=O) groups is 2. The number of nitrogens with one attached hydrogen (secondary N) is 2. The van der Waals surface area contributed by atoms with E-state index < -0.39 is 0 Å². The Morgan fingerprint density at radius 3 is 2.56 bits per heavy atom. The predicted octanol–water partition coefficient (Wildman–Crippen LogP) is 1.16. The summed E-state index contributed by atoms with van der Waals surface area (Å²) in [4.78, 5) is 30.4. The van der Waals surface area contributed by atoms with Crippen LogP contribution in [-0.4, -0.2) is 64.8 Å². The van der Waals surface area contributed by atoms with Crippen LogP contribution in [0.3, 0.4) is 0 Å². The molecule has 136 valence electrons. The molecule has 4 rings (SSSR count). The molecule has 0 aromatic carbocycles. The Kier molecular flexibility index (Phi) is 6.22. The highest BCUT2D eigenvalue weighted by molar-refractivity contribution is 5.87. The molecule has 0 amide bonds. The van der Waals surface area contributed by atoms with Gasteiger partial charge >= 0.3 is 0 Å². The van der Waals surface area contributed by atoms with E-state index in [4.69, 9.17) is 9.59 Å². The lowest BCUT2D eigenvalue weighted by Crippen LogP contribution is -2.61. The molecule has 8 heteroatoms. The fourth-order valence-corrected chi connectivity index (χ4v) is 3.35. The average molecular weight is 346 g/mol. The van der Waals surface area contributed by atoms with E-state index in [9.17, 15) is 0 Å². The fourth-order valence-electron chi connectivity index (χ4n) is 3.35. The quantitative estimate of drug-likeness (QED) is 0.861. The maximum Gasteiger partial charge on any atom is 0.142 e. The zero-order chi connectivity index (χ0) is 18.4. The van der Waals surface area contributed by atoms with Crippen molar-refractivity contribution in [3.05, 3.63) is 18.6 Å². The third-order valence-electron chi connectivity index (χ3n) is 4.52. The van der Waals surface area contributed by atoms with Gasteiger partial charge < -0.3 is 19.5 Å². The second-order valence-electron chi connectivity index (χ2n) is 6.52. The molecular weight excluding hydrogens is 320 g/mol. The van der Waals surface area contributed by atoms with Gasteiger partial charge in [-0.1, -0.05) is 0 Å². The maximum absolute atomic E-state index is 8.00. The molecule has 0 bridgehead atoms. The lowest BCUT2D eigenvalue weighted by molar-refractivity contribution is -0.0987. The van der Waals surface area contributed by atoms with Gasteiger partial charge in [-0.05, 0) is 32.8 Å². The standard InChI is InChI=1S/C15H22N6.2CH2O/c1-11(2)19-21-8-7-20(9-15(21)4-5-15)14-12-3-6-16-13(12)17-10-18-14;2*1-2/h3,6,10-11,19H,4-5,7-9H2,1-2H3,(H,16,17,18);2*1H2. The number of carbonyl (C=O) groups excluding carboxylic acids is 2. The van der Waals surface area contributed by atoms with Gasteiger partial charge in [-0.2, -0.15) is 0 Å².